The molecule has 0 radical (unpaired) electrons. The van der Waals surface area contributed by atoms with Crippen LogP contribution in [0.25, 0.3) is 0 Å². The van der Waals surface area contributed by atoms with Gasteiger partial charge in [-0.15, -0.1) is 11.8 Å². The predicted molar refractivity (Wildman–Crippen MR) is 167 cm³/mol. The van der Waals surface area contributed by atoms with E-state index in [4.69, 9.17) is 9.47 Å². The molecule has 0 fully saturated rings. The highest BCUT2D eigenvalue weighted by atomic mass is 32.2. The molecule has 6 heteroatoms. The molecule has 1 unspecified atom stereocenters. The van der Waals surface area contributed by atoms with Crippen LogP contribution in [0, 0.1) is 0 Å². The zero-order valence-corrected chi connectivity index (χ0v) is 24.1. The number of hydrogen-bond donors (Lipinski definition) is 0. The monoisotopic (exact) mass is 586 g/mol. The Morgan fingerprint density at radius 3 is 1.23 bits per heavy atom. The molecule has 0 saturated carbocycles. The van der Waals surface area contributed by atoms with Crippen molar-refractivity contribution in [2.45, 2.75) is 28.8 Å². The summed E-state index contributed by atoms with van der Waals surface area (Å²) in [6.07, 6.45) is -1.76. The fraction of sp³-hybridized carbons (Fsp3) is 0.108. The Balaban J connectivity index is 1.38. The minimum absolute atomic E-state index is 0.314. The van der Waals surface area contributed by atoms with E-state index in [0.29, 0.717) is 0 Å². The molecule has 1 atom stereocenters. The second kappa shape index (κ2) is 14.8. The van der Waals surface area contributed by atoms with Crippen LogP contribution in [0.5, 0.6) is 0 Å². The van der Waals surface area contributed by atoms with Crippen molar-refractivity contribution in [1.82, 2.24) is 0 Å². The third-order valence-electron chi connectivity index (χ3n) is 6.75. The highest BCUT2D eigenvalue weighted by Gasteiger charge is 2.33. The molecule has 0 amide bonds. The van der Waals surface area contributed by atoms with Crippen LogP contribution in [-0.4, -0.2) is 23.0 Å². The topological polar surface area (TPSA) is 69.7 Å². The van der Waals surface area contributed by atoms with E-state index < -0.39 is 35.2 Å². The van der Waals surface area contributed by atoms with Gasteiger partial charge in [-0.25, -0.2) is 4.79 Å². The minimum Gasteiger partial charge on any atom is -0.452 e. The molecular formula is C37H30O5S. The second-order valence-electron chi connectivity index (χ2n) is 9.79. The van der Waals surface area contributed by atoms with E-state index in [1.54, 1.807) is 0 Å². The molecule has 5 aromatic carbocycles. The Bertz CT molecular complexity index is 1530. The second-order valence-corrected chi connectivity index (χ2v) is 11.1. The number of esters is 2. The summed E-state index contributed by atoms with van der Waals surface area (Å²) in [6, 6.07) is 46.5. The van der Waals surface area contributed by atoms with Gasteiger partial charge in [-0.2, -0.15) is 0 Å². The van der Waals surface area contributed by atoms with Crippen LogP contribution in [0.1, 0.15) is 40.9 Å². The Morgan fingerprint density at radius 2 is 0.837 bits per heavy atom. The standard InChI is InChI=1S/C37H30O5S/c38-33(41-35(27-16-6-1-7-17-27)28-18-8-2-9-19-28)26-32(43-31-24-14-5-15-25-31)34(39)37(40)42-36(29-20-10-3-11-21-29)30-22-12-4-13-23-30/h1-25,32,35-36H,26H2. The average Bonchev–Trinajstić information content (AvgIpc) is 3.07. The van der Waals surface area contributed by atoms with Crippen molar-refractivity contribution in [1.29, 1.82) is 0 Å². The van der Waals surface area contributed by atoms with Crippen LogP contribution < -0.4 is 0 Å². The van der Waals surface area contributed by atoms with Gasteiger partial charge in [-0.05, 0) is 34.4 Å². The molecule has 214 valence electrons. The van der Waals surface area contributed by atoms with Crippen molar-refractivity contribution in [3.05, 3.63) is 174 Å². The van der Waals surface area contributed by atoms with Gasteiger partial charge in [0.1, 0.15) is 0 Å². The van der Waals surface area contributed by atoms with Gasteiger partial charge in [0.25, 0.3) is 5.78 Å². The first-order valence-electron chi connectivity index (χ1n) is 13.9. The lowest BCUT2D eigenvalue weighted by Gasteiger charge is -2.22. The number of ketones is 1. The maximum atomic E-state index is 13.7. The molecule has 0 saturated heterocycles. The Kier molecular flexibility index (Phi) is 10.2. The molecule has 0 spiro atoms. The van der Waals surface area contributed by atoms with E-state index in [-0.39, 0.29) is 6.42 Å². The normalized spacial score (nSPS) is 11.6. The van der Waals surface area contributed by atoms with E-state index in [1.165, 1.54) is 0 Å². The quantitative estimate of drug-likeness (QED) is 0.0845. The van der Waals surface area contributed by atoms with E-state index >= 15 is 0 Å². The summed E-state index contributed by atoms with van der Waals surface area (Å²) in [5.41, 5.74) is 3.06. The van der Waals surface area contributed by atoms with Gasteiger partial charge in [0.05, 0.1) is 11.7 Å². The maximum Gasteiger partial charge on any atom is 0.376 e. The number of hydrogen-bond acceptors (Lipinski definition) is 6. The third-order valence-corrected chi connectivity index (χ3v) is 7.96. The Hall–Kier alpha value is -4.94. The van der Waals surface area contributed by atoms with Crippen LogP contribution in [0.3, 0.4) is 0 Å². The molecule has 0 bridgehead atoms. The van der Waals surface area contributed by atoms with Gasteiger partial charge in [0.15, 0.2) is 12.2 Å². The summed E-state index contributed by atoms with van der Waals surface area (Å²) >= 11 is 1.14. The number of carbonyl (C=O) groups excluding carboxylic acids is 3. The average molecular weight is 587 g/mol. The number of thioether (sulfide) groups is 1. The Morgan fingerprint density at radius 1 is 0.488 bits per heavy atom. The van der Waals surface area contributed by atoms with Crippen LogP contribution in [-0.2, 0) is 23.9 Å². The fourth-order valence-electron chi connectivity index (χ4n) is 4.65. The van der Waals surface area contributed by atoms with Crippen molar-refractivity contribution in [3.63, 3.8) is 0 Å². The lowest BCUT2D eigenvalue weighted by molar-refractivity contribution is -0.157. The number of carbonyl (C=O) groups is 3. The smallest absolute Gasteiger partial charge is 0.376 e. The molecule has 0 aromatic heterocycles. The molecule has 0 aliphatic heterocycles. The molecule has 0 N–H and O–H groups in total. The lowest BCUT2D eigenvalue weighted by Crippen LogP contribution is -2.32. The van der Waals surface area contributed by atoms with Crippen LogP contribution >= 0.6 is 11.8 Å². The summed E-state index contributed by atoms with van der Waals surface area (Å²) < 4.78 is 11.8. The van der Waals surface area contributed by atoms with Gasteiger partial charge >= 0.3 is 11.9 Å². The zero-order chi connectivity index (χ0) is 29.9. The molecule has 0 aliphatic carbocycles. The summed E-state index contributed by atoms with van der Waals surface area (Å²) in [6.45, 7) is 0. The lowest BCUT2D eigenvalue weighted by atomic mass is 10.0. The number of benzene rings is 5. The molecular weight excluding hydrogens is 556 g/mol. The van der Waals surface area contributed by atoms with E-state index in [2.05, 4.69) is 0 Å². The van der Waals surface area contributed by atoms with Crippen molar-refractivity contribution in [3.8, 4) is 0 Å². The van der Waals surface area contributed by atoms with Crippen molar-refractivity contribution in [2.75, 3.05) is 0 Å². The van der Waals surface area contributed by atoms with E-state index in [1.807, 2.05) is 152 Å². The largest absolute Gasteiger partial charge is 0.452 e. The maximum absolute atomic E-state index is 13.7. The number of ether oxygens (including phenoxy) is 2. The first-order chi connectivity index (χ1) is 21.1. The molecule has 5 nitrogen and oxygen atoms in total. The highest BCUT2D eigenvalue weighted by Crippen LogP contribution is 2.32. The zero-order valence-electron chi connectivity index (χ0n) is 23.3. The summed E-state index contributed by atoms with van der Waals surface area (Å²) in [4.78, 5) is 41.3. The minimum atomic E-state index is -1.05. The van der Waals surface area contributed by atoms with Crippen molar-refractivity contribution in [2.24, 2.45) is 0 Å². The van der Waals surface area contributed by atoms with E-state index in [0.717, 1.165) is 38.9 Å². The predicted octanol–water partition coefficient (Wildman–Crippen LogP) is 7.77. The molecule has 0 aliphatic rings. The van der Waals surface area contributed by atoms with Gasteiger partial charge in [-0.3, -0.25) is 9.59 Å². The molecule has 0 heterocycles. The first-order valence-corrected chi connectivity index (χ1v) is 14.8. The molecule has 5 aromatic rings. The highest BCUT2D eigenvalue weighted by molar-refractivity contribution is 8.00. The first kappa shape index (κ1) is 29.5. The van der Waals surface area contributed by atoms with Crippen LogP contribution in [0.15, 0.2) is 157 Å². The van der Waals surface area contributed by atoms with Crippen LogP contribution in [0.4, 0.5) is 0 Å². The van der Waals surface area contributed by atoms with Crippen LogP contribution in [0.2, 0.25) is 0 Å². The number of rotatable bonds is 12. The van der Waals surface area contributed by atoms with Gasteiger partial charge < -0.3 is 9.47 Å². The Labute approximate surface area is 255 Å². The third kappa shape index (κ3) is 8.09. The fourth-order valence-corrected chi connectivity index (χ4v) is 5.71. The summed E-state index contributed by atoms with van der Waals surface area (Å²) in [5, 5.41) is -1.05. The van der Waals surface area contributed by atoms with E-state index in [9.17, 15) is 14.4 Å². The SMILES string of the molecule is O=C(CC(Sc1ccccc1)C(=O)C(=O)OC(c1ccccc1)c1ccccc1)OC(c1ccccc1)c1ccccc1. The van der Waals surface area contributed by atoms with Gasteiger partial charge in [-0.1, -0.05) is 140 Å². The van der Waals surface area contributed by atoms with Crippen molar-refractivity contribution >= 4 is 29.5 Å². The molecule has 43 heavy (non-hydrogen) atoms. The van der Waals surface area contributed by atoms with Gasteiger partial charge in [0, 0.05) is 4.90 Å². The number of Topliss-reactive ketones (excluding diaryl/α,β-unsaturated/α-hetero) is 1. The summed E-state index contributed by atoms with van der Waals surface area (Å²) in [5.74, 6) is -2.42. The molecule has 5 rings (SSSR count). The van der Waals surface area contributed by atoms with Gasteiger partial charge in [0.2, 0.25) is 0 Å². The van der Waals surface area contributed by atoms with Crippen molar-refractivity contribution < 1.29 is 23.9 Å². The summed E-state index contributed by atoms with van der Waals surface area (Å²) in [7, 11) is 0.